The normalized spacial score (nSPS) is 13.7. The Kier molecular flexibility index (Phi) is 8.48. The topological polar surface area (TPSA) is 105 Å². The summed E-state index contributed by atoms with van der Waals surface area (Å²) < 4.78 is 42.7. The molecule has 0 aromatic heterocycles. The number of likely N-dealkylation sites (tertiary alicyclic amines) is 1. The van der Waals surface area contributed by atoms with Crippen molar-refractivity contribution >= 4 is 23.2 Å². The number of halogens is 3. The van der Waals surface area contributed by atoms with Crippen molar-refractivity contribution in [1.82, 2.24) is 15.1 Å². The number of aliphatic hydroxyl groups is 2. The number of carbonyl (C=O) groups excluding carboxylic acids is 2. The highest BCUT2D eigenvalue weighted by Crippen LogP contribution is 2.30. The standard InChI is InChI=1S/C23H27F3N4O4/c1-14-2-5-19(18(25)10-14)28-22-16(3-4-17(24)21(22)26)23(34)30-11-15(12-30)27-20(33)13-29(6-8-31)7-9-32/h2-5,10,15,28,31-32H,6-9,11-13H2,1H3,(H,27,33). The number of hydrogen-bond donors (Lipinski definition) is 4. The first kappa shape index (κ1) is 25.5. The third kappa shape index (κ3) is 6.04. The molecule has 34 heavy (non-hydrogen) atoms. The molecule has 184 valence electrons. The van der Waals surface area contributed by atoms with Crippen LogP contribution >= 0.6 is 0 Å². The fourth-order valence-corrected chi connectivity index (χ4v) is 3.64. The molecule has 2 amide bonds. The molecule has 1 aliphatic heterocycles. The molecule has 0 aliphatic carbocycles. The van der Waals surface area contributed by atoms with Crippen molar-refractivity contribution in [3.05, 3.63) is 58.9 Å². The molecule has 1 heterocycles. The average molecular weight is 480 g/mol. The zero-order chi connectivity index (χ0) is 24.8. The van der Waals surface area contributed by atoms with Gasteiger partial charge in [-0.05, 0) is 36.8 Å². The van der Waals surface area contributed by atoms with E-state index in [9.17, 15) is 22.8 Å². The van der Waals surface area contributed by atoms with E-state index in [0.29, 0.717) is 5.56 Å². The summed E-state index contributed by atoms with van der Waals surface area (Å²) in [6.45, 7) is 2.12. The van der Waals surface area contributed by atoms with Crippen LogP contribution in [0.1, 0.15) is 15.9 Å². The molecule has 0 unspecified atom stereocenters. The van der Waals surface area contributed by atoms with Crippen LogP contribution in [-0.4, -0.2) is 83.8 Å². The van der Waals surface area contributed by atoms with Gasteiger partial charge in [-0.15, -0.1) is 0 Å². The fraction of sp³-hybridized carbons (Fsp3) is 0.391. The van der Waals surface area contributed by atoms with E-state index in [1.807, 2.05) is 0 Å². The molecular weight excluding hydrogens is 453 g/mol. The molecule has 3 rings (SSSR count). The fourth-order valence-electron chi connectivity index (χ4n) is 3.64. The van der Waals surface area contributed by atoms with Gasteiger partial charge in [-0.3, -0.25) is 14.5 Å². The maximum Gasteiger partial charge on any atom is 0.256 e. The summed E-state index contributed by atoms with van der Waals surface area (Å²) in [4.78, 5) is 28.1. The lowest BCUT2D eigenvalue weighted by atomic mass is 10.0. The Morgan fingerprint density at radius 2 is 1.74 bits per heavy atom. The molecule has 0 bridgehead atoms. The highest BCUT2D eigenvalue weighted by Gasteiger charge is 2.34. The van der Waals surface area contributed by atoms with Crippen molar-refractivity contribution in [2.45, 2.75) is 13.0 Å². The predicted octanol–water partition coefficient (Wildman–Crippen LogP) is 1.38. The Balaban J connectivity index is 1.66. The largest absolute Gasteiger partial charge is 0.395 e. The summed E-state index contributed by atoms with van der Waals surface area (Å²) in [5.74, 6) is -4.09. The highest BCUT2D eigenvalue weighted by atomic mass is 19.2. The lowest BCUT2D eigenvalue weighted by molar-refractivity contribution is -0.124. The number of aliphatic hydroxyl groups excluding tert-OH is 2. The maximum absolute atomic E-state index is 14.6. The second-order valence-corrected chi connectivity index (χ2v) is 8.09. The van der Waals surface area contributed by atoms with E-state index in [4.69, 9.17) is 10.2 Å². The van der Waals surface area contributed by atoms with Crippen LogP contribution < -0.4 is 10.6 Å². The minimum absolute atomic E-state index is 0.0229. The zero-order valence-corrected chi connectivity index (χ0v) is 18.7. The van der Waals surface area contributed by atoms with E-state index in [2.05, 4.69) is 10.6 Å². The first-order valence-electron chi connectivity index (χ1n) is 10.8. The predicted molar refractivity (Wildman–Crippen MR) is 119 cm³/mol. The third-order valence-corrected chi connectivity index (χ3v) is 5.44. The molecule has 4 N–H and O–H groups in total. The van der Waals surface area contributed by atoms with Gasteiger partial charge in [0.1, 0.15) is 5.82 Å². The lowest BCUT2D eigenvalue weighted by Crippen LogP contribution is -2.62. The first-order valence-corrected chi connectivity index (χ1v) is 10.8. The Morgan fingerprint density at radius 1 is 1.06 bits per heavy atom. The van der Waals surface area contributed by atoms with E-state index >= 15 is 0 Å². The molecule has 2 aromatic rings. The molecule has 0 spiro atoms. The van der Waals surface area contributed by atoms with Crippen molar-refractivity contribution in [1.29, 1.82) is 0 Å². The monoisotopic (exact) mass is 480 g/mol. The van der Waals surface area contributed by atoms with E-state index < -0.39 is 29.0 Å². The van der Waals surface area contributed by atoms with Gasteiger partial charge in [0.15, 0.2) is 11.6 Å². The van der Waals surface area contributed by atoms with E-state index in [0.717, 1.165) is 12.1 Å². The van der Waals surface area contributed by atoms with Gasteiger partial charge in [0, 0.05) is 26.2 Å². The number of nitrogens with one attached hydrogen (secondary N) is 2. The summed E-state index contributed by atoms with van der Waals surface area (Å²) >= 11 is 0. The Labute approximate surface area is 195 Å². The van der Waals surface area contributed by atoms with Crippen molar-refractivity contribution in [3.8, 4) is 0 Å². The molecule has 1 fully saturated rings. The quantitative estimate of drug-likeness (QED) is 0.410. The second-order valence-electron chi connectivity index (χ2n) is 8.09. The summed E-state index contributed by atoms with van der Waals surface area (Å²) in [7, 11) is 0. The SMILES string of the molecule is Cc1ccc(Nc2c(C(=O)N3CC(NC(=O)CN(CCO)CCO)C3)ccc(F)c2F)c(F)c1. The van der Waals surface area contributed by atoms with Crippen LogP contribution in [0.4, 0.5) is 24.5 Å². The Bertz CT molecular complexity index is 1040. The molecular formula is C23H27F3N4O4. The number of nitrogens with zero attached hydrogens (tertiary/aromatic N) is 2. The van der Waals surface area contributed by atoms with Crippen LogP contribution in [0.15, 0.2) is 30.3 Å². The summed E-state index contributed by atoms with van der Waals surface area (Å²) in [6.07, 6.45) is 0. The van der Waals surface area contributed by atoms with Gasteiger partial charge in [-0.25, -0.2) is 13.2 Å². The zero-order valence-electron chi connectivity index (χ0n) is 18.7. The Hall–Kier alpha value is -3.15. The van der Waals surface area contributed by atoms with Crippen LogP contribution in [0.5, 0.6) is 0 Å². The molecule has 8 nitrogen and oxygen atoms in total. The number of rotatable bonds is 10. The third-order valence-electron chi connectivity index (χ3n) is 5.44. The van der Waals surface area contributed by atoms with Crippen LogP contribution in [0, 0.1) is 24.4 Å². The van der Waals surface area contributed by atoms with E-state index in [1.54, 1.807) is 17.9 Å². The number of anilines is 2. The van der Waals surface area contributed by atoms with Gasteiger partial charge in [0.05, 0.1) is 42.7 Å². The van der Waals surface area contributed by atoms with Gasteiger partial charge < -0.3 is 25.7 Å². The average Bonchev–Trinajstić information content (AvgIpc) is 2.75. The van der Waals surface area contributed by atoms with Crippen molar-refractivity contribution in [2.75, 3.05) is 51.3 Å². The first-order chi connectivity index (χ1) is 16.2. The van der Waals surface area contributed by atoms with Gasteiger partial charge >= 0.3 is 0 Å². The van der Waals surface area contributed by atoms with Gasteiger partial charge in [0.2, 0.25) is 5.91 Å². The number of carbonyl (C=O) groups is 2. The molecule has 0 saturated carbocycles. The maximum atomic E-state index is 14.6. The number of aryl methyl sites for hydroxylation is 1. The Morgan fingerprint density at radius 3 is 2.35 bits per heavy atom. The molecule has 1 aliphatic rings. The molecule has 1 saturated heterocycles. The molecule has 11 heteroatoms. The van der Waals surface area contributed by atoms with Crippen molar-refractivity contribution in [3.63, 3.8) is 0 Å². The highest BCUT2D eigenvalue weighted by molar-refractivity contribution is 6.01. The van der Waals surface area contributed by atoms with Crippen LogP contribution in [0.25, 0.3) is 0 Å². The number of benzene rings is 2. The summed E-state index contributed by atoms with van der Waals surface area (Å²) in [6, 6.07) is 5.81. The van der Waals surface area contributed by atoms with E-state index in [1.165, 1.54) is 17.0 Å². The minimum atomic E-state index is -1.30. The van der Waals surface area contributed by atoms with Gasteiger partial charge in [-0.2, -0.15) is 0 Å². The second kappa shape index (κ2) is 11.3. The number of amides is 2. The van der Waals surface area contributed by atoms with Crippen LogP contribution in [0.2, 0.25) is 0 Å². The van der Waals surface area contributed by atoms with E-state index in [-0.39, 0.29) is 69.1 Å². The van der Waals surface area contributed by atoms with Crippen molar-refractivity contribution < 1.29 is 33.0 Å². The summed E-state index contributed by atoms with van der Waals surface area (Å²) in [5.41, 5.74) is -0.0959. The van der Waals surface area contributed by atoms with Crippen LogP contribution in [-0.2, 0) is 4.79 Å². The van der Waals surface area contributed by atoms with Crippen LogP contribution in [0.3, 0.4) is 0 Å². The smallest absolute Gasteiger partial charge is 0.256 e. The van der Waals surface area contributed by atoms with Gasteiger partial charge in [-0.1, -0.05) is 6.07 Å². The summed E-state index contributed by atoms with van der Waals surface area (Å²) in [5, 5.41) is 23.3. The van der Waals surface area contributed by atoms with Gasteiger partial charge in [0.25, 0.3) is 5.91 Å². The number of hydrogen-bond acceptors (Lipinski definition) is 6. The molecule has 0 atom stereocenters. The molecule has 0 radical (unpaired) electrons. The lowest BCUT2D eigenvalue weighted by Gasteiger charge is -2.40. The minimum Gasteiger partial charge on any atom is -0.395 e. The molecule has 2 aromatic carbocycles. The van der Waals surface area contributed by atoms with Crippen molar-refractivity contribution in [2.24, 2.45) is 0 Å².